The number of amides is 3. The second kappa shape index (κ2) is 9.03. The minimum atomic E-state index is -3.66. The maximum absolute atomic E-state index is 12.5. The molecule has 1 heterocycles. The molecular weight excluding hydrogens is 396 g/mol. The summed E-state index contributed by atoms with van der Waals surface area (Å²) in [6.45, 7) is 1.56. The zero-order valence-electron chi connectivity index (χ0n) is 15.8. The number of sulfonamides is 1. The fraction of sp³-hybridized carbons (Fsp3) is 0.263. The number of carbonyl (C=O) groups is 2. The number of nitrogens with zero attached hydrogens (tertiary/aromatic N) is 1. The van der Waals surface area contributed by atoms with Crippen LogP contribution in [0.3, 0.4) is 0 Å². The number of benzene rings is 2. The molecule has 10 heteroatoms. The van der Waals surface area contributed by atoms with Gasteiger partial charge in [-0.15, -0.1) is 0 Å². The molecule has 154 valence electrons. The van der Waals surface area contributed by atoms with Crippen molar-refractivity contribution >= 4 is 33.3 Å². The molecule has 0 spiro atoms. The number of rotatable bonds is 8. The van der Waals surface area contributed by atoms with Crippen LogP contribution >= 0.6 is 0 Å². The van der Waals surface area contributed by atoms with Gasteiger partial charge < -0.3 is 15.4 Å². The lowest BCUT2D eigenvalue weighted by Crippen LogP contribution is -2.27. The quantitative estimate of drug-likeness (QED) is 0.560. The molecule has 3 N–H and O–H groups in total. The Morgan fingerprint density at radius 3 is 2.62 bits per heavy atom. The number of hydrogen-bond acceptors (Lipinski definition) is 5. The van der Waals surface area contributed by atoms with E-state index in [2.05, 4.69) is 15.4 Å². The van der Waals surface area contributed by atoms with Crippen molar-refractivity contribution in [1.29, 1.82) is 0 Å². The van der Waals surface area contributed by atoms with Crippen LogP contribution in [-0.2, 0) is 14.8 Å². The number of hydrogen-bond donors (Lipinski definition) is 3. The number of ether oxygens (including phenoxy) is 1. The zero-order valence-corrected chi connectivity index (χ0v) is 16.7. The number of methoxy groups -OCH3 is 1. The smallest absolute Gasteiger partial charge is 0.321 e. The summed E-state index contributed by atoms with van der Waals surface area (Å²) in [7, 11) is -2.18. The van der Waals surface area contributed by atoms with E-state index in [1.54, 1.807) is 29.2 Å². The monoisotopic (exact) mass is 418 g/mol. The van der Waals surface area contributed by atoms with Crippen LogP contribution in [-0.4, -0.2) is 53.7 Å². The average molecular weight is 418 g/mol. The van der Waals surface area contributed by atoms with Crippen molar-refractivity contribution in [3.63, 3.8) is 0 Å². The number of carbonyl (C=O) groups excluding carboxylic acids is 2. The van der Waals surface area contributed by atoms with Crippen LogP contribution in [0.5, 0.6) is 0 Å². The molecule has 9 nitrogen and oxygen atoms in total. The molecule has 0 atom stereocenters. The van der Waals surface area contributed by atoms with E-state index in [1.165, 1.54) is 31.4 Å². The number of urea groups is 1. The van der Waals surface area contributed by atoms with Gasteiger partial charge in [-0.1, -0.05) is 6.07 Å². The van der Waals surface area contributed by atoms with Gasteiger partial charge in [0.05, 0.1) is 11.5 Å². The van der Waals surface area contributed by atoms with Gasteiger partial charge in [0, 0.05) is 43.7 Å². The van der Waals surface area contributed by atoms with Crippen molar-refractivity contribution < 1.29 is 22.7 Å². The Labute approximate surface area is 169 Å². The van der Waals surface area contributed by atoms with Gasteiger partial charge in [-0.25, -0.2) is 17.9 Å². The van der Waals surface area contributed by atoms with E-state index >= 15 is 0 Å². The Bertz CT molecular complexity index is 992. The van der Waals surface area contributed by atoms with E-state index in [0.717, 1.165) is 0 Å². The fourth-order valence-electron chi connectivity index (χ4n) is 2.82. The normalized spacial score (nSPS) is 14.0. The van der Waals surface area contributed by atoms with E-state index in [9.17, 15) is 18.0 Å². The van der Waals surface area contributed by atoms with E-state index in [0.29, 0.717) is 30.0 Å². The van der Waals surface area contributed by atoms with Gasteiger partial charge in [0.15, 0.2) is 0 Å². The van der Waals surface area contributed by atoms with Crippen molar-refractivity contribution in [1.82, 2.24) is 10.0 Å². The highest BCUT2D eigenvalue weighted by Crippen LogP contribution is 2.21. The molecule has 1 fully saturated rings. The minimum absolute atomic E-state index is 0.0622. The zero-order chi connectivity index (χ0) is 20.9. The van der Waals surface area contributed by atoms with Gasteiger partial charge in [-0.3, -0.25) is 9.69 Å². The first-order chi connectivity index (χ1) is 13.9. The van der Waals surface area contributed by atoms with Crippen molar-refractivity contribution in [2.75, 3.05) is 43.6 Å². The maximum atomic E-state index is 12.5. The molecule has 3 rings (SSSR count). The van der Waals surface area contributed by atoms with Gasteiger partial charge in [-0.2, -0.15) is 0 Å². The summed E-state index contributed by atoms with van der Waals surface area (Å²) in [6.07, 6.45) is 0. The third-order valence-corrected chi connectivity index (χ3v) is 5.77. The largest absolute Gasteiger partial charge is 0.383 e. The molecule has 0 aromatic heterocycles. The van der Waals surface area contributed by atoms with Crippen molar-refractivity contribution in [2.45, 2.75) is 4.90 Å². The molecular formula is C19H22N4O5S. The lowest BCUT2D eigenvalue weighted by atomic mass is 10.2. The summed E-state index contributed by atoms with van der Waals surface area (Å²) in [5.41, 5.74) is 1.52. The second-order valence-electron chi connectivity index (χ2n) is 6.30. The van der Waals surface area contributed by atoms with Crippen LogP contribution in [0.1, 0.15) is 10.4 Å². The Hall–Kier alpha value is -2.95. The van der Waals surface area contributed by atoms with Gasteiger partial charge in [-0.05, 0) is 42.5 Å². The molecule has 2 aromatic carbocycles. The Morgan fingerprint density at radius 2 is 1.97 bits per heavy atom. The Morgan fingerprint density at radius 1 is 1.21 bits per heavy atom. The molecule has 0 radical (unpaired) electrons. The molecule has 0 aliphatic carbocycles. The lowest BCUT2D eigenvalue weighted by molar-refractivity contribution is 0.102. The SMILES string of the molecule is COCCNS(=O)(=O)c1ccc(C(=O)Nc2cccc(N3CCNC3=O)c2)cc1. The molecule has 0 saturated carbocycles. The average Bonchev–Trinajstić information content (AvgIpc) is 3.14. The van der Waals surface area contributed by atoms with Crippen LogP contribution < -0.4 is 20.3 Å². The topological polar surface area (TPSA) is 117 Å². The molecule has 0 unspecified atom stereocenters. The summed E-state index contributed by atoms with van der Waals surface area (Å²) in [5, 5.41) is 5.48. The van der Waals surface area contributed by atoms with Gasteiger partial charge in [0.25, 0.3) is 5.91 Å². The van der Waals surface area contributed by atoms with Gasteiger partial charge in [0.2, 0.25) is 10.0 Å². The van der Waals surface area contributed by atoms with Crippen molar-refractivity contribution in [2.24, 2.45) is 0 Å². The predicted octanol–water partition coefficient (Wildman–Crippen LogP) is 1.39. The summed E-state index contributed by atoms with van der Waals surface area (Å²) < 4.78 is 31.6. The van der Waals surface area contributed by atoms with Crippen LogP contribution in [0.2, 0.25) is 0 Å². The van der Waals surface area contributed by atoms with Gasteiger partial charge in [0.1, 0.15) is 0 Å². The third kappa shape index (κ3) is 5.11. The van der Waals surface area contributed by atoms with E-state index in [1.807, 2.05) is 0 Å². The Balaban J connectivity index is 1.68. The third-order valence-electron chi connectivity index (χ3n) is 4.30. The fourth-order valence-corrected chi connectivity index (χ4v) is 3.83. The van der Waals surface area contributed by atoms with E-state index < -0.39 is 10.0 Å². The van der Waals surface area contributed by atoms with E-state index in [4.69, 9.17) is 4.74 Å². The number of anilines is 2. The van der Waals surface area contributed by atoms with Crippen LogP contribution in [0.4, 0.5) is 16.2 Å². The van der Waals surface area contributed by atoms with Crippen LogP contribution in [0, 0.1) is 0 Å². The van der Waals surface area contributed by atoms with Crippen molar-refractivity contribution in [3.8, 4) is 0 Å². The Kier molecular flexibility index (Phi) is 6.47. The van der Waals surface area contributed by atoms with Gasteiger partial charge >= 0.3 is 6.03 Å². The van der Waals surface area contributed by atoms with E-state index in [-0.39, 0.29) is 30.0 Å². The summed E-state index contributed by atoms with van der Waals surface area (Å²) in [4.78, 5) is 25.9. The standard InChI is InChI=1S/C19H22N4O5S/c1-28-12-10-21-29(26,27)17-7-5-14(6-8-17)18(24)22-15-3-2-4-16(13-15)23-11-9-20-19(23)25/h2-8,13,21H,9-12H2,1H3,(H,20,25)(H,22,24). The summed E-state index contributed by atoms with van der Waals surface area (Å²) in [5.74, 6) is -0.385. The minimum Gasteiger partial charge on any atom is -0.383 e. The molecule has 3 amide bonds. The first-order valence-electron chi connectivity index (χ1n) is 8.96. The number of nitrogens with one attached hydrogen (secondary N) is 3. The highest BCUT2D eigenvalue weighted by atomic mass is 32.2. The first kappa shape index (κ1) is 20.8. The molecule has 1 aliphatic rings. The molecule has 0 bridgehead atoms. The molecule has 1 aliphatic heterocycles. The molecule has 1 saturated heterocycles. The second-order valence-corrected chi connectivity index (χ2v) is 8.07. The summed E-state index contributed by atoms with van der Waals surface area (Å²) in [6, 6.07) is 12.4. The summed E-state index contributed by atoms with van der Waals surface area (Å²) >= 11 is 0. The lowest BCUT2D eigenvalue weighted by Gasteiger charge is -2.15. The predicted molar refractivity (Wildman–Crippen MR) is 109 cm³/mol. The molecule has 2 aromatic rings. The molecule has 29 heavy (non-hydrogen) atoms. The highest BCUT2D eigenvalue weighted by Gasteiger charge is 2.21. The van der Waals surface area contributed by atoms with Crippen LogP contribution in [0.25, 0.3) is 0 Å². The highest BCUT2D eigenvalue weighted by molar-refractivity contribution is 7.89. The first-order valence-corrected chi connectivity index (χ1v) is 10.4. The van der Waals surface area contributed by atoms with Crippen molar-refractivity contribution in [3.05, 3.63) is 54.1 Å². The van der Waals surface area contributed by atoms with Crippen LogP contribution in [0.15, 0.2) is 53.4 Å². The maximum Gasteiger partial charge on any atom is 0.321 e.